The van der Waals surface area contributed by atoms with E-state index in [0.29, 0.717) is 6.42 Å². The first-order valence-electron chi connectivity index (χ1n) is 15.3. The summed E-state index contributed by atoms with van der Waals surface area (Å²) in [5.41, 5.74) is -1.16. The lowest BCUT2D eigenvalue weighted by molar-refractivity contribution is -0.0863. The van der Waals surface area contributed by atoms with Crippen LogP contribution in [0.4, 0.5) is 0 Å². The predicted molar refractivity (Wildman–Crippen MR) is 161 cm³/mol. The van der Waals surface area contributed by atoms with Crippen LogP contribution in [0.5, 0.6) is 0 Å². The van der Waals surface area contributed by atoms with Crippen LogP contribution in [-0.4, -0.2) is 65.9 Å². The van der Waals surface area contributed by atoms with Gasteiger partial charge in [0.25, 0.3) is 0 Å². The zero-order chi connectivity index (χ0) is 29.6. The fraction of sp³-hybridized carbons (Fsp3) is 1.00. The lowest BCUT2D eigenvalue weighted by Gasteiger charge is -2.32. The highest BCUT2D eigenvalue weighted by Gasteiger charge is 2.36. The maximum atomic E-state index is 10.1. The molecule has 1 atom stereocenters. The van der Waals surface area contributed by atoms with Crippen LogP contribution < -0.4 is 0 Å². The molecule has 9 nitrogen and oxygen atoms in total. The van der Waals surface area contributed by atoms with Crippen molar-refractivity contribution in [3.63, 3.8) is 0 Å². The van der Waals surface area contributed by atoms with Crippen molar-refractivity contribution in [3.05, 3.63) is 0 Å². The number of unbranched alkanes of at least 4 members (excludes halogenated alkanes) is 20. The van der Waals surface area contributed by atoms with Crippen molar-refractivity contribution >= 4 is 17.2 Å². The molecule has 0 radical (unpaired) electrons. The lowest BCUT2D eigenvalue weighted by atomic mass is 9.82. The topological polar surface area (TPSA) is 171 Å². The number of rotatable bonds is 28. The van der Waals surface area contributed by atoms with Crippen molar-refractivity contribution in [1.82, 2.24) is 0 Å². The van der Waals surface area contributed by atoms with Gasteiger partial charge in [0.1, 0.15) is 0 Å². The van der Waals surface area contributed by atoms with Crippen LogP contribution in [0.15, 0.2) is 0 Å². The molecule has 0 aliphatic carbocycles. The van der Waals surface area contributed by atoms with Gasteiger partial charge in [-0.1, -0.05) is 142 Å². The Labute approximate surface area is 241 Å². The number of hydrogen-bond donors (Lipinski definition) is 8. The molecule has 0 heterocycles. The minimum atomic E-state index is -2.61. The van der Waals surface area contributed by atoms with E-state index in [1.165, 1.54) is 122 Å². The molecule has 0 aliphatic heterocycles. The first-order valence-corrected chi connectivity index (χ1v) is 17.7. The standard InChI is InChI=1S/C28H58O4.H4O5P2/c1-2-3-4-5-6-7-8-9-10-11-12-13-14-15-16-17-18-19-20-21-22-23-27(32)28(24-29,25-30)26-31;1-6(2)5-7(3)4/h27,29-32H,2-26H2,1H3;1-4H. The molecule has 0 aliphatic rings. The average molecular weight is 605 g/mol. The summed E-state index contributed by atoms with van der Waals surface area (Å²) in [6.45, 7) is 1.12. The molecule has 8 N–H and O–H groups in total. The summed E-state index contributed by atoms with van der Waals surface area (Å²) >= 11 is 0. The number of hydrogen-bond acceptors (Lipinski definition) is 9. The SMILES string of the molecule is CCCCCCCCCCCCCCCCCCCCCCCC(O)C(CO)(CO)CO.OP(O)OP(O)O. The van der Waals surface area contributed by atoms with Crippen LogP contribution in [0.3, 0.4) is 0 Å². The monoisotopic (exact) mass is 604 g/mol. The summed E-state index contributed by atoms with van der Waals surface area (Å²) in [7, 11) is -5.22. The second-order valence-corrected chi connectivity index (χ2v) is 12.5. The quantitative estimate of drug-likeness (QED) is 0.0375. The zero-order valence-corrected chi connectivity index (χ0v) is 26.4. The molecule has 0 amide bonds. The fourth-order valence-electron chi connectivity index (χ4n) is 4.61. The summed E-state index contributed by atoms with van der Waals surface area (Å²) in [5, 5.41) is 38.2. The molecule has 0 rings (SSSR count). The van der Waals surface area contributed by atoms with Gasteiger partial charge in [-0.2, -0.15) is 0 Å². The molecular weight excluding hydrogens is 542 g/mol. The third-order valence-corrected chi connectivity index (χ3v) is 8.55. The zero-order valence-electron chi connectivity index (χ0n) is 24.6. The second kappa shape index (κ2) is 31.4. The summed E-state index contributed by atoms with van der Waals surface area (Å²) < 4.78 is 3.60. The van der Waals surface area contributed by atoms with Gasteiger partial charge in [0.2, 0.25) is 0 Å². The summed E-state index contributed by atoms with van der Waals surface area (Å²) in [4.78, 5) is 31.3. The van der Waals surface area contributed by atoms with Gasteiger partial charge < -0.3 is 40.0 Å². The maximum absolute atomic E-state index is 10.1. The first-order chi connectivity index (χ1) is 18.8. The van der Waals surface area contributed by atoms with Gasteiger partial charge in [-0.25, -0.2) is 4.31 Å². The van der Waals surface area contributed by atoms with E-state index in [1.54, 1.807) is 0 Å². The normalized spacial score (nSPS) is 12.7. The largest absolute Gasteiger partial charge is 0.396 e. The van der Waals surface area contributed by atoms with Gasteiger partial charge in [-0.05, 0) is 6.42 Å². The molecule has 238 valence electrons. The van der Waals surface area contributed by atoms with E-state index in [9.17, 15) is 20.4 Å². The Morgan fingerprint density at radius 2 is 0.744 bits per heavy atom. The third-order valence-electron chi connectivity index (χ3n) is 7.38. The van der Waals surface area contributed by atoms with E-state index >= 15 is 0 Å². The van der Waals surface area contributed by atoms with E-state index in [1.807, 2.05) is 0 Å². The van der Waals surface area contributed by atoms with Crippen LogP contribution in [0.1, 0.15) is 148 Å². The highest BCUT2D eigenvalue weighted by Crippen LogP contribution is 2.41. The fourth-order valence-corrected chi connectivity index (χ4v) is 5.13. The Morgan fingerprint density at radius 3 is 0.949 bits per heavy atom. The Morgan fingerprint density at radius 1 is 0.487 bits per heavy atom. The van der Waals surface area contributed by atoms with E-state index in [2.05, 4.69) is 11.2 Å². The molecule has 0 spiro atoms. The Bertz CT molecular complexity index is 456. The molecule has 0 aromatic heterocycles. The number of aliphatic hydroxyl groups is 4. The smallest absolute Gasteiger partial charge is 0.334 e. The molecule has 0 saturated carbocycles. The molecule has 0 saturated heterocycles. The molecule has 0 aromatic rings. The van der Waals surface area contributed by atoms with Crippen molar-refractivity contribution in [3.8, 4) is 0 Å². The van der Waals surface area contributed by atoms with Crippen LogP contribution in [0.2, 0.25) is 0 Å². The van der Waals surface area contributed by atoms with Crippen molar-refractivity contribution in [1.29, 1.82) is 0 Å². The van der Waals surface area contributed by atoms with Crippen molar-refractivity contribution in [2.75, 3.05) is 19.8 Å². The number of aliphatic hydroxyl groups excluding tert-OH is 4. The van der Waals surface area contributed by atoms with Crippen LogP contribution in [-0.2, 0) is 4.31 Å². The van der Waals surface area contributed by atoms with Gasteiger partial charge >= 0.3 is 17.2 Å². The van der Waals surface area contributed by atoms with E-state index in [4.69, 9.17) is 19.6 Å². The Hall–Kier alpha value is 0.500. The molecule has 1 unspecified atom stereocenters. The molecule has 0 bridgehead atoms. The molecule has 0 fully saturated rings. The van der Waals surface area contributed by atoms with E-state index in [0.717, 1.165) is 12.8 Å². The first kappa shape index (κ1) is 41.6. The average Bonchev–Trinajstić information content (AvgIpc) is 2.90. The third kappa shape index (κ3) is 28.4. The molecule has 0 aromatic carbocycles. The van der Waals surface area contributed by atoms with Crippen LogP contribution >= 0.6 is 17.2 Å². The predicted octanol–water partition coefficient (Wildman–Crippen LogP) is 6.34. The highest BCUT2D eigenvalue weighted by molar-refractivity contribution is 7.53. The molecule has 11 heteroatoms. The minimum Gasteiger partial charge on any atom is -0.396 e. The minimum absolute atomic E-state index is 0.388. The summed E-state index contributed by atoms with van der Waals surface area (Å²) in [6.07, 6.45) is 28.0. The molecule has 39 heavy (non-hydrogen) atoms. The lowest BCUT2D eigenvalue weighted by Crippen LogP contribution is -2.45. The summed E-state index contributed by atoms with van der Waals surface area (Å²) in [6, 6.07) is 0. The van der Waals surface area contributed by atoms with Gasteiger partial charge in [0.15, 0.2) is 0 Å². The van der Waals surface area contributed by atoms with Crippen molar-refractivity contribution < 1.29 is 44.3 Å². The van der Waals surface area contributed by atoms with Gasteiger partial charge in [0.05, 0.1) is 31.3 Å². The molecular formula is C28H62O9P2. The van der Waals surface area contributed by atoms with Crippen LogP contribution in [0.25, 0.3) is 0 Å². The second-order valence-electron chi connectivity index (χ2n) is 10.8. The van der Waals surface area contributed by atoms with Gasteiger partial charge in [-0.3, -0.25) is 0 Å². The van der Waals surface area contributed by atoms with Crippen molar-refractivity contribution in [2.45, 2.75) is 154 Å². The van der Waals surface area contributed by atoms with Crippen LogP contribution in [0, 0.1) is 5.41 Å². The highest BCUT2D eigenvalue weighted by atomic mass is 31.2. The van der Waals surface area contributed by atoms with E-state index in [-0.39, 0.29) is 19.8 Å². The van der Waals surface area contributed by atoms with Gasteiger partial charge in [-0.15, -0.1) is 0 Å². The van der Waals surface area contributed by atoms with Gasteiger partial charge in [0, 0.05) is 0 Å². The Kier molecular flexibility index (Phi) is 33.6. The Balaban J connectivity index is 0. The van der Waals surface area contributed by atoms with Crippen molar-refractivity contribution in [2.24, 2.45) is 5.41 Å². The maximum Gasteiger partial charge on any atom is 0.334 e. The van der Waals surface area contributed by atoms with E-state index < -0.39 is 28.7 Å². The summed E-state index contributed by atoms with van der Waals surface area (Å²) in [5.74, 6) is 0.